The minimum atomic E-state index is -4.43. The molecule has 0 saturated carbocycles. The second-order valence-corrected chi connectivity index (χ2v) is 13.9. The van der Waals surface area contributed by atoms with E-state index in [1.807, 2.05) is 12.1 Å². The van der Waals surface area contributed by atoms with Crippen LogP contribution in [0.2, 0.25) is 0 Å². The molecule has 1 aromatic heterocycles. The monoisotopic (exact) mass is 721 g/mol. The highest BCUT2D eigenvalue weighted by molar-refractivity contribution is 5.76. The van der Waals surface area contributed by atoms with Crippen molar-refractivity contribution in [2.45, 2.75) is 90.7 Å². The number of benzene rings is 3. The molecule has 1 fully saturated rings. The molecule has 0 aliphatic carbocycles. The SMILES string of the molecule is CCc1nn(CC(=O)N(Cc2ccc(-c3ccc(C(F)(F)F)cc3)cc2)C2CCN(C(=O)OC(C)(C)C)CC2)c(CCc2ccccc2F)nc1=O. The summed E-state index contributed by atoms with van der Waals surface area (Å²) in [6.07, 6.45) is -3.13. The standard InChI is InChI=1S/C39H43F4N5O4/c1-5-33-36(50)44-34(19-16-29-8-6-7-9-32(29)40)48(45-33)25-35(49)47(31-20-22-46(23-21-31)37(51)52-38(2,3)4)24-26-10-12-27(13-11-26)28-14-17-30(18-15-28)39(41,42)43/h6-15,17-18,31H,5,16,19-25H2,1-4H3. The first-order valence-electron chi connectivity index (χ1n) is 17.4. The lowest BCUT2D eigenvalue weighted by Crippen LogP contribution is -2.50. The molecule has 1 aliphatic rings. The average molecular weight is 722 g/mol. The number of ether oxygens (including phenoxy) is 1. The van der Waals surface area contributed by atoms with Crippen LogP contribution in [0.5, 0.6) is 0 Å². The molecular formula is C39H43F4N5O4. The van der Waals surface area contributed by atoms with E-state index in [0.717, 1.165) is 23.3 Å². The number of aromatic nitrogens is 3. The van der Waals surface area contributed by atoms with Crippen LogP contribution >= 0.6 is 0 Å². The molecular weight excluding hydrogens is 678 g/mol. The van der Waals surface area contributed by atoms with Crippen LogP contribution in [-0.4, -0.2) is 61.3 Å². The number of aryl methyl sites for hydroxylation is 3. The van der Waals surface area contributed by atoms with Gasteiger partial charge in [0, 0.05) is 32.1 Å². The maximum absolute atomic E-state index is 14.4. The highest BCUT2D eigenvalue weighted by Crippen LogP contribution is 2.31. The lowest BCUT2D eigenvalue weighted by atomic mass is 10.00. The van der Waals surface area contributed by atoms with Gasteiger partial charge >= 0.3 is 12.3 Å². The summed E-state index contributed by atoms with van der Waals surface area (Å²) < 4.78 is 60.7. The van der Waals surface area contributed by atoms with Gasteiger partial charge in [0.1, 0.15) is 29.5 Å². The number of nitrogens with zero attached hydrogens (tertiary/aromatic N) is 5. The number of hydrogen-bond donors (Lipinski definition) is 0. The average Bonchev–Trinajstić information content (AvgIpc) is 3.10. The first-order valence-corrected chi connectivity index (χ1v) is 17.4. The van der Waals surface area contributed by atoms with Gasteiger partial charge in [-0.3, -0.25) is 9.59 Å². The van der Waals surface area contributed by atoms with Crippen molar-refractivity contribution in [2.24, 2.45) is 0 Å². The van der Waals surface area contributed by atoms with E-state index >= 15 is 0 Å². The van der Waals surface area contributed by atoms with E-state index in [4.69, 9.17) is 4.74 Å². The number of carbonyl (C=O) groups excluding carboxylic acids is 2. The molecule has 1 aliphatic heterocycles. The van der Waals surface area contributed by atoms with Crippen LogP contribution in [0.15, 0.2) is 77.6 Å². The van der Waals surface area contributed by atoms with E-state index in [2.05, 4.69) is 10.1 Å². The van der Waals surface area contributed by atoms with Crippen molar-refractivity contribution in [1.82, 2.24) is 24.6 Å². The van der Waals surface area contributed by atoms with Gasteiger partial charge in [-0.15, -0.1) is 0 Å². The van der Waals surface area contributed by atoms with Gasteiger partial charge in [-0.2, -0.15) is 23.3 Å². The highest BCUT2D eigenvalue weighted by Gasteiger charge is 2.33. The molecule has 0 unspecified atom stereocenters. The normalized spacial score (nSPS) is 14.0. The fraction of sp³-hybridized carbons (Fsp3) is 0.410. The molecule has 0 atom stereocenters. The molecule has 0 N–H and O–H groups in total. The lowest BCUT2D eigenvalue weighted by Gasteiger charge is -2.39. The number of halogens is 4. The summed E-state index contributed by atoms with van der Waals surface area (Å²) in [5.74, 6) is -0.395. The zero-order valence-corrected chi connectivity index (χ0v) is 29.8. The Kier molecular flexibility index (Phi) is 11.8. The summed E-state index contributed by atoms with van der Waals surface area (Å²) in [5, 5.41) is 4.50. The van der Waals surface area contributed by atoms with Gasteiger partial charge in [0.15, 0.2) is 0 Å². The summed E-state index contributed by atoms with van der Waals surface area (Å²) in [5.41, 5.74) is 0.915. The third kappa shape index (κ3) is 9.83. The highest BCUT2D eigenvalue weighted by atomic mass is 19.4. The maximum atomic E-state index is 14.4. The predicted molar refractivity (Wildman–Crippen MR) is 188 cm³/mol. The largest absolute Gasteiger partial charge is 0.444 e. The first-order chi connectivity index (χ1) is 24.6. The van der Waals surface area contributed by atoms with E-state index < -0.39 is 29.0 Å². The quantitative estimate of drug-likeness (QED) is 0.160. The number of hydrogen-bond acceptors (Lipinski definition) is 6. The van der Waals surface area contributed by atoms with E-state index in [1.165, 1.54) is 22.9 Å². The van der Waals surface area contributed by atoms with Gasteiger partial charge in [0.25, 0.3) is 5.56 Å². The summed E-state index contributed by atoms with van der Waals surface area (Å²) in [6.45, 7) is 7.92. The Hall–Kier alpha value is -5.07. The van der Waals surface area contributed by atoms with Gasteiger partial charge < -0.3 is 14.5 Å². The van der Waals surface area contributed by atoms with E-state index in [1.54, 1.807) is 67.8 Å². The Morgan fingerprint density at radius 1 is 0.904 bits per heavy atom. The van der Waals surface area contributed by atoms with Crippen molar-refractivity contribution in [1.29, 1.82) is 0 Å². The van der Waals surface area contributed by atoms with Crippen molar-refractivity contribution >= 4 is 12.0 Å². The molecule has 276 valence electrons. The summed E-state index contributed by atoms with van der Waals surface area (Å²) in [7, 11) is 0. The summed E-state index contributed by atoms with van der Waals surface area (Å²) in [4.78, 5) is 47.4. The Balaban J connectivity index is 1.39. The Morgan fingerprint density at radius 2 is 1.52 bits per heavy atom. The fourth-order valence-corrected chi connectivity index (χ4v) is 6.14. The second kappa shape index (κ2) is 16.1. The van der Waals surface area contributed by atoms with Gasteiger partial charge in [0.05, 0.1) is 5.56 Å². The molecule has 13 heteroatoms. The number of rotatable bonds is 10. The minimum Gasteiger partial charge on any atom is -0.444 e. The topological polar surface area (TPSA) is 97.6 Å². The molecule has 5 rings (SSSR count). The fourth-order valence-electron chi connectivity index (χ4n) is 6.14. The van der Waals surface area contributed by atoms with Crippen molar-refractivity contribution in [3.8, 4) is 11.1 Å². The number of amides is 2. The van der Waals surface area contributed by atoms with Crippen LogP contribution in [0.25, 0.3) is 11.1 Å². The van der Waals surface area contributed by atoms with E-state index in [0.29, 0.717) is 43.5 Å². The molecule has 2 amide bonds. The third-order valence-corrected chi connectivity index (χ3v) is 8.94. The Bertz CT molecular complexity index is 1910. The summed E-state index contributed by atoms with van der Waals surface area (Å²) >= 11 is 0. The van der Waals surface area contributed by atoms with Crippen molar-refractivity contribution in [2.75, 3.05) is 13.1 Å². The molecule has 0 radical (unpaired) electrons. The van der Waals surface area contributed by atoms with Crippen LogP contribution in [0.3, 0.4) is 0 Å². The van der Waals surface area contributed by atoms with Crippen molar-refractivity contribution in [3.05, 3.63) is 117 Å². The zero-order valence-electron chi connectivity index (χ0n) is 29.8. The molecule has 0 bridgehead atoms. The van der Waals surface area contributed by atoms with Crippen molar-refractivity contribution < 1.29 is 31.9 Å². The number of piperidine rings is 1. The van der Waals surface area contributed by atoms with Crippen LogP contribution in [-0.2, 0) is 48.1 Å². The first kappa shape index (κ1) is 38.2. The van der Waals surface area contributed by atoms with Gasteiger partial charge in [0.2, 0.25) is 5.91 Å². The molecule has 4 aromatic rings. The van der Waals surface area contributed by atoms with Gasteiger partial charge in [-0.1, -0.05) is 61.5 Å². The number of alkyl halides is 3. The predicted octanol–water partition coefficient (Wildman–Crippen LogP) is 7.24. The van der Waals surface area contributed by atoms with Crippen LogP contribution in [0, 0.1) is 5.82 Å². The Morgan fingerprint density at radius 3 is 2.10 bits per heavy atom. The Labute approximate surface area is 300 Å². The molecule has 2 heterocycles. The minimum absolute atomic E-state index is 0.181. The van der Waals surface area contributed by atoms with Crippen molar-refractivity contribution in [3.63, 3.8) is 0 Å². The molecule has 52 heavy (non-hydrogen) atoms. The smallest absolute Gasteiger partial charge is 0.416 e. The molecule has 3 aromatic carbocycles. The van der Waals surface area contributed by atoms with E-state index in [-0.39, 0.29) is 55.2 Å². The molecule has 0 spiro atoms. The zero-order chi connectivity index (χ0) is 37.6. The van der Waals surface area contributed by atoms with Gasteiger partial charge in [-0.05, 0) is 86.9 Å². The van der Waals surface area contributed by atoms with Crippen LogP contribution < -0.4 is 5.56 Å². The molecule has 1 saturated heterocycles. The maximum Gasteiger partial charge on any atom is 0.416 e. The third-order valence-electron chi connectivity index (χ3n) is 8.94. The van der Waals surface area contributed by atoms with Crippen LogP contribution in [0.1, 0.15) is 68.7 Å². The van der Waals surface area contributed by atoms with Gasteiger partial charge in [-0.25, -0.2) is 13.9 Å². The number of carbonyl (C=O) groups is 2. The summed E-state index contributed by atoms with van der Waals surface area (Å²) in [6, 6.07) is 18.3. The lowest BCUT2D eigenvalue weighted by molar-refractivity contribution is -0.138. The second-order valence-electron chi connectivity index (χ2n) is 13.9. The van der Waals surface area contributed by atoms with Crippen LogP contribution in [0.4, 0.5) is 22.4 Å². The van der Waals surface area contributed by atoms with E-state index in [9.17, 15) is 31.9 Å². The number of likely N-dealkylation sites (tertiary alicyclic amines) is 1. The molecule has 9 nitrogen and oxygen atoms in total.